The van der Waals surface area contributed by atoms with Crippen molar-refractivity contribution in [2.45, 2.75) is 26.4 Å². The maximum atomic E-state index is 11.6. The summed E-state index contributed by atoms with van der Waals surface area (Å²) in [7, 11) is 1.71. The Morgan fingerprint density at radius 3 is 2.57 bits per heavy atom. The van der Waals surface area contributed by atoms with Gasteiger partial charge in [0.05, 0.1) is 0 Å². The van der Waals surface area contributed by atoms with Crippen LogP contribution in [0.4, 0.5) is 9.80 Å². The van der Waals surface area contributed by atoms with Gasteiger partial charge in [0.25, 0.3) is 0 Å². The third kappa shape index (κ3) is 3.03. The number of amides is 1. The lowest BCUT2D eigenvalue weighted by Crippen LogP contribution is -2.33. The van der Waals surface area contributed by atoms with Crippen LogP contribution in [0.2, 0.25) is 0 Å². The fourth-order valence-electron chi connectivity index (χ4n) is 0.881. The minimum absolute atomic E-state index is 0.319. The topological polar surface area (TPSA) is 29.5 Å². The van der Waals surface area contributed by atoms with Gasteiger partial charge in [-0.1, -0.05) is 0 Å². The lowest BCUT2D eigenvalue weighted by Gasteiger charge is -2.23. The van der Waals surface area contributed by atoms with Crippen molar-refractivity contribution < 1.29 is 9.53 Å². The summed E-state index contributed by atoms with van der Waals surface area (Å²) < 4.78 is 5.22. The number of rotatable bonds is 1. The van der Waals surface area contributed by atoms with E-state index in [9.17, 15) is 4.79 Å². The molecular formula is C10H15NO2S. The molecule has 0 bridgehead atoms. The second-order valence-electron chi connectivity index (χ2n) is 3.99. The molecule has 14 heavy (non-hydrogen) atoms. The van der Waals surface area contributed by atoms with E-state index in [2.05, 4.69) is 0 Å². The van der Waals surface area contributed by atoms with Crippen LogP contribution in [0.1, 0.15) is 20.8 Å². The van der Waals surface area contributed by atoms with Gasteiger partial charge in [0, 0.05) is 7.05 Å². The number of carbonyl (C=O) groups is 1. The molecule has 1 aromatic heterocycles. The predicted molar refractivity (Wildman–Crippen MR) is 59.0 cm³/mol. The van der Waals surface area contributed by atoms with E-state index in [1.54, 1.807) is 7.05 Å². The molecule has 0 atom stereocenters. The fraction of sp³-hybridized carbons (Fsp3) is 0.500. The highest BCUT2D eigenvalue weighted by atomic mass is 32.1. The van der Waals surface area contributed by atoms with Crippen LogP contribution in [0.25, 0.3) is 0 Å². The molecule has 78 valence electrons. The number of nitrogens with zero attached hydrogens (tertiary/aromatic N) is 1. The van der Waals surface area contributed by atoms with Crippen LogP contribution in [0.15, 0.2) is 17.5 Å². The first-order chi connectivity index (χ1) is 6.40. The first-order valence-electron chi connectivity index (χ1n) is 4.40. The van der Waals surface area contributed by atoms with E-state index in [4.69, 9.17) is 4.74 Å². The average Bonchev–Trinajstić information content (AvgIpc) is 2.51. The third-order valence-corrected chi connectivity index (χ3v) is 2.45. The monoisotopic (exact) mass is 213 g/mol. The zero-order valence-electron chi connectivity index (χ0n) is 8.90. The quantitative estimate of drug-likeness (QED) is 0.717. The Morgan fingerprint density at radius 1 is 1.50 bits per heavy atom. The van der Waals surface area contributed by atoms with Crippen molar-refractivity contribution in [3.05, 3.63) is 17.5 Å². The second-order valence-corrected chi connectivity index (χ2v) is 4.92. The lowest BCUT2D eigenvalue weighted by atomic mass is 10.2. The van der Waals surface area contributed by atoms with Gasteiger partial charge in [0.2, 0.25) is 0 Å². The number of ether oxygens (including phenoxy) is 1. The predicted octanol–water partition coefficient (Wildman–Crippen LogP) is 3.12. The Labute approximate surface area is 88.3 Å². The lowest BCUT2D eigenvalue weighted by molar-refractivity contribution is 0.0590. The number of thiophene rings is 1. The van der Waals surface area contributed by atoms with E-state index in [0.29, 0.717) is 0 Å². The van der Waals surface area contributed by atoms with Gasteiger partial charge in [-0.15, -0.1) is 11.3 Å². The second kappa shape index (κ2) is 4.00. The molecule has 0 aliphatic heterocycles. The van der Waals surface area contributed by atoms with Gasteiger partial charge < -0.3 is 4.74 Å². The first-order valence-corrected chi connectivity index (χ1v) is 5.28. The Morgan fingerprint density at radius 2 is 2.14 bits per heavy atom. The largest absolute Gasteiger partial charge is 0.443 e. The van der Waals surface area contributed by atoms with Crippen molar-refractivity contribution in [1.29, 1.82) is 0 Å². The molecule has 0 aliphatic carbocycles. The minimum Gasteiger partial charge on any atom is -0.443 e. The molecule has 0 radical (unpaired) electrons. The normalized spacial score (nSPS) is 11.1. The van der Waals surface area contributed by atoms with Crippen molar-refractivity contribution in [2.75, 3.05) is 11.9 Å². The summed E-state index contributed by atoms with van der Waals surface area (Å²) >= 11 is 1.51. The molecule has 1 aromatic rings. The molecule has 0 fully saturated rings. The molecule has 0 aromatic carbocycles. The average molecular weight is 213 g/mol. The zero-order chi connectivity index (χ0) is 10.8. The molecule has 1 amide bonds. The van der Waals surface area contributed by atoms with Gasteiger partial charge in [0.1, 0.15) is 10.6 Å². The smallest absolute Gasteiger partial charge is 0.415 e. The molecule has 4 heteroatoms. The van der Waals surface area contributed by atoms with Crippen molar-refractivity contribution >= 4 is 22.4 Å². The van der Waals surface area contributed by atoms with E-state index in [0.717, 1.165) is 5.00 Å². The van der Waals surface area contributed by atoms with Crippen LogP contribution in [-0.2, 0) is 4.74 Å². The molecule has 0 aliphatic rings. The summed E-state index contributed by atoms with van der Waals surface area (Å²) in [6, 6.07) is 3.79. The Bertz CT molecular complexity index is 300. The number of carbonyl (C=O) groups excluding carboxylic acids is 1. The highest BCUT2D eigenvalue weighted by Crippen LogP contribution is 2.21. The minimum atomic E-state index is -0.442. The Balaban J connectivity index is 2.63. The highest BCUT2D eigenvalue weighted by molar-refractivity contribution is 7.14. The molecular weight excluding hydrogens is 198 g/mol. The fourth-order valence-corrected chi connectivity index (χ4v) is 1.57. The number of hydrogen-bond donors (Lipinski definition) is 0. The van der Waals surface area contributed by atoms with Crippen molar-refractivity contribution in [1.82, 2.24) is 0 Å². The van der Waals surface area contributed by atoms with Crippen LogP contribution in [0.5, 0.6) is 0 Å². The van der Waals surface area contributed by atoms with E-state index in [1.165, 1.54) is 16.2 Å². The van der Waals surface area contributed by atoms with E-state index >= 15 is 0 Å². The molecule has 1 heterocycles. The Hall–Kier alpha value is -1.03. The van der Waals surface area contributed by atoms with Crippen LogP contribution in [-0.4, -0.2) is 18.7 Å². The summed E-state index contributed by atoms with van der Waals surface area (Å²) in [5.41, 5.74) is -0.442. The van der Waals surface area contributed by atoms with Gasteiger partial charge in [-0.05, 0) is 38.3 Å². The van der Waals surface area contributed by atoms with Crippen molar-refractivity contribution in [3.63, 3.8) is 0 Å². The summed E-state index contributed by atoms with van der Waals surface area (Å²) in [5, 5.41) is 2.81. The summed E-state index contributed by atoms with van der Waals surface area (Å²) in [6.45, 7) is 5.56. The molecule has 0 spiro atoms. The number of anilines is 1. The first kappa shape index (κ1) is 11.0. The van der Waals surface area contributed by atoms with E-state index in [1.807, 2.05) is 38.3 Å². The van der Waals surface area contributed by atoms with Gasteiger partial charge in [-0.3, -0.25) is 4.90 Å². The molecule has 0 unspecified atom stereocenters. The van der Waals surface area contributed by atoms with Crippen LogP contribution in [0, 0.1) is 0 Å². The van der Waals surface area contributed by atoms with Gasteiger partial charge in [0.15, 0.2) is 0 Å². The highest BCUT2D eigenvalue weighted by Gasteiger charge is 2.20. The van der Waals surface area contributed by atoms with Gasteiger partial charge in [-0.2, -0.15) is 0 Å². The maximum absolute atomic E-state index is 11.6. The van der Waals surface area contributed by atoms with Gasteiger partial charge in [-0.25, -0.2) is 4.79 Å². The molecule has 1 rings (SSSR count). The van der Waals surface area contributed by atoms with Crippen LogP contribution < -0.4 is 4.90 Å². The van der Waals surface area contributed by atoms with E-state index in [-0.39, 0.29) is 6.09 Å². The molecule has 3 nitrogen and oxygen atoms in total. The molecule has 0 N–H and O–H groups in total. The Kier molecular flexibility index (Phi) is 3.16. The van der Waals surface area contributed by atoms with E-state index < -0.39 is 5.60 Å². The third-order valence-electron chi connectivity index (χ3n) is 1.50. The summed E-state index contributed by atoms with van der Waals surface area (Å²) in [5.74, 6) is 0. The van der Waals surface area contributed by atoms with Crippen LogP contribution in [0.3, 0.4) is 0 Å². The molecule has 0 saturated heterocycles. The summed E-state index contributed by atoms with van der Waals surface area (Å²) in [6.07, 6.45) is -0.319. The number of hydrogen-bond acceptors (Lipinski definition) is 3. The zero-order valence-corrected chi connectivity index (χ0v) is 9.72. The van der Waals surface area contributed by atoms with Crippen LogP contribution >= 0.6 is 11.3 Å². The standard InChI is InChI=1S/C10H15NO2S/c1-10(2,3)13-9(12)11(4)8-6-5-7-14-8/h5-7H,1-4H3. The van der Waals surface area contributed by atoms with Crippen molar-refractivity contribution in [2.24, 2.45) is 0 Å². The van der Waals surface area contributed by atoms with Crippen molar-refractivity contribution in [3.8, 4) is 0 Å². The SMILES string of the molecule is CN(C(=O)OC(C)(C)C)c1cccs1. The molecule has 0 saturated carbocycles. The van der Waals surface area contributed by atoms with Gasteiger partial charge >= 0.3 is 6.09 Å². The summed E-state index contributed by atoms with van der Waals surface area (Å²) in [4.78, 5) is 13.1. The maximum Gasteiger partial charge on any atom is 0.415 e.